The van der Waals surface area contributed by atoms with Gasteiger partial charge in [-0.15, -0.1) is 0 Å². The van der Waals surface area contributed by atoms with Crippen LogP contribution in [0.15, 0.2) is 29.8 Å². The van der Waals surface area contributed by atoms with Crippen molar-refractivity contribution in [3.63, 3.8) is 0 Å². The highest BCUT2D eigenvalue weighted by Crippen LogP contribution is 2.03. The molecule has 0 heterocycles. The van der Waals surface area contributed by atoms with Gasteiger partial charge in [-0.1, -0.05) is 41.1 Å². The highest BCUT2D eigenvalue weighted by molar-refractivity contribution is 6.32. The lowest BCUT2D eigenvalue weighted by atomic mass is 10.1. The van der Waals surface area contributed by atoms with Crippen LogP contribution in [0.3, 0.4) is 0 Å². The van der Waals surface area contributed by atoms with E-state index in [2.05, 4.69) is 44.2 Å². The maximum Gasteiger partial charge on any atom is 0.0384 e. The number of allylic oxidation sites excluding steroid dienone is 1. The molecule has 58 valence electrons. The zero-order valence-electron chi connectivity index (χ0n) is 7.39. The van der Waals surface area contributed by atoms with E-state index in [9.17, 15) is 0 Å². The molecule has 0 aliphatic rings. The molecule has 1 rings (SSSR count). The van der Waals surface area contributed by atoms with E-state index in [0.717, 1.165) is 10.2 Å². The summed E-state index contributed by atoms with van der Waals surface area (Å²) in [5.41, 5.74) is 2.66. The van der Waals surface area contributed by atoms with E-state index >= 15 is 0 Å². The van der Waals surface area contributed by atoms with Gasteiger partial charge in [0, 0.05) is 10.2 Å². The van der Waals surface area contributed by atoms with Crippen LogP contribution in [0, 0.1) is 0 Å². The minimum Gasteiger partial charge on any atom is -0.0758 e. The lowest BCUT2D eigenvalue weighted by molar-refractivity contribution is 1.42. The molecule has 1 heteroatoms. The van der Waals surface area contributed by atoms with Crippen molar-refractivity contribution in [3.8, 4) is 0 Å². The number of hydrogen-bond donors (Lipinski definition) is 0. The maximum atomic E-state index is 2.20. The third-order valence-corrected chi connectivity index (χ3v) is 2.20. The Bertz CT molecular complexity index is 253. The zero-order chi connectivity index (χ0) is 8.27. The minimum absolute atomic E-state index is 1.15. The maximum absolute atomic E-state index is 2.20. The minimum atomic E-state index is 1.15. The quantitative estimate of drug-likeness (QED) is 0.543. The Kier molecular flexibility index (Phi) is 2.66. The first-order valence-corrected chi connectivity index (χ1v) is 4.90. The van der Waals surface area contributed by atoms with Gasteiger partial charge in [0.1, 0.15) is 0 Å². The predicted octanol–water partition coefficient (Wildman–Crippen LogP) is 1.10. The molecule has 0 aliphatic heterocycles. The van der Waals surface area contributed by atoms with Crippen molar-refractivity contribution < 1.29 is 0 Å². The molecule has 0 aromatic heterocycles. The van der Waals surface area contributed by atoms with Crippen molar-refractivity contribution in [2.24, 2.45) is 0 Å². The summed E-state index contributed by atoms with van der Waals surface area (Å²) < 4.78 is 0. The molecule has 0 saturated heterocycles. The van der Waals surface area contributed by atoms with Gasteiger partial charge in [-0.3, -0.25) is 0 Å². The summed E-state index contributed by atoms with van der Waals surface area (Å²) in [6.07, 6.45) is 2.20. The first-order chi connectivity index (χ1) is 5.18. The van der Waals surface area contributed by atoms with Crippen molar-refractivity contribution in [1.82, 2.24) is 0 Å². The summed E-state index contributed by atoms with van der Waals surface area (Å²) in [6.45, 7) is 4.24. The topological polar surface area (TPSA) is 0 Å². The zero-order valence-corrected chi connectivity index (χ0v) is 9.39. The molecule has 0 N–H and O–H groups in total. The van der Waals surface area contributed by atoms with Crippen LogP contribution in [-0.2, 0) is 0 Å². The fraction of sp³-hybridized carbons (Fsp3) is 0.200. The molecule has 0 unspecified atom stereocenters. The molecule has 0 bridgehead atoms. The Morgan fingerprint density at radius 3 is 2.18 bits per heavy atom. The van der Waals surface area contributed by atoms with Gasteiger partial charge in [-0.25, -0.2) is 0 Å². The van der Waals surface area contributed by atoms with E-state index < -0.39 is 0 Å². The van der Waals surface area contributed by atoms with Crippen LogP contribution < -0.4 is 5.19 Å². The van der Waals surface area contributed by atoms with Crippen LogP contribution in [0.25, 0.3) is 6.08 Å². The van der Waals surface area contributed by atoms with Gasteiger partial charge in [0.25, 0.3) is 0 Å². The Morgan fingerprint density at radius 1 is 1.18 bits per heavy atom. The Balaban J connectivity index is 2.91. The lowest BCUT2D eigenvalue weighted by Gasteiger charge is -1.95. The number of rotatable bonds is 1. The van der Waals surface area contributed by atoms with E-state index in [1.807, 2.05) is 0 Å². The molecule has 0 nitrogen and oxygen atoms in total. The van der Waals surface area contributed by atoms with Crippen molar-refractivity contribution in [1.29, 1.82) is 0 Å². The molecule has 0 aliphatic carbocycles. The highest BCUT2D eigenvalue weighted by Gasteiger charge is 1.85. The summed E-state index contributed by atoms with van der Waals surface area (Å²) in [4.78, 5) is 0. The van der Waals surface area contributed by atoms with E-state index in [1.54, 1.807) is 0 Å². The smallest absolute Gasteiger partial charge is 0.0384 e. The largest absolute Gasteiger partial charge is 0.0758 e. The summed E-state index contributed by atoms with van der Waals surface area (Å²) >= 11 is 0. The van der Waals surface area contributed by atoms with Crippen molar-refractivity contribution in [2.45, 2.75) is 13.8 Å². The standard InChI is InChI=1S/C10H14Si/c1-8(2)7-9-3-5-10(11)6-4-9/h3-7H,1-2,11H3. The average Bonchev–Trinajstić information content (AvgIpc) is 1.93. The van der Waals surface area contributed by atoms with Gasteiger partial charge in [-0.2, -0.15) is 0 Å². The molecule has 0 spiro atoms. The third kappa shape index (κ3) is 2.72. The fourth-order valence-electron chi connectivity index (χ4n) is 0.996. The van der Waals surface area contributed by atoms with Crippen LogP contribution in [0.2, 0.25) is 0 Å². The predicted molar refractivity (Wildman–Crippen MR) is 55.3 cm³/mol. The summed E-state index contributed by atoms with van der Waals surface area (Å²) in [5.74, 6) is 0. The monoisotopic (exact) mass is 162 g/mol. The van der Waals surface area contributed by atoms with Crippen LogP contribution in [0.4, 0.5) is 0 Å². The van der Waals surface area contributed by atoms with Crippen LogP contribution in [0.5, 0.6) is 0 Å². The van der Waals surface area contributed by atoms with Gasteiger partial charge in [-0.05, 0) is 19.4 Å². The van der Waals surface area contributed by atoms with Crippen LogP contribution in [-0.4, -0.2) is 10.2 Å². The Hall–Kier alpha value is -0.823. The molecule has 0 fully saturated rings. The van der Waals surface area contributed by atoms with Crippen molar-refractivity contribution in [3.05, 3.63) is 35.4 Å². The molecular formula is C10H14Si. The van der Waals surface area contributed by atoms with Crippen molar-refractivity contribution in [2.75, 3.05) is 0 Å². The van der Waals surface area contributed by atoms with Gasteiger partial charge in [0.05, 0.1) is 0 Å². The normalized spacial score (nSPS) is 9.64. The second-order valence-corrected chi connectivity index (χ2v) is 4.29. The average molecular weight is 162 g/mol. The number of hydrogen-bond acceptors (Lipinski definition) is 0. The number of benzene rings is 1. The van der Waals surface area contributed by atoms with Gasteiger partial charge in [0.2, 0.25) is 0 Å². The molecule has 1 aromatic carbocycles. The van der Waals surface area contributed by atoms with Gasteiger partial charge in [0.15, 0.2) is 0 Å². The highest BCUT2D eigenvalue weighted by atomic mass is 28.1. The summed E-state index contributed by atoms with van der Waals surface area (Å²) in [5, 5.41) is 1.45. The second kappa shape index (κ2) is 3.53. The van der Waals surface area contributed by atoms with E-state index in [1.165, 1.54) is 16.3 Å². The Labute approximate surface area is 71.4 Å². The first-order valence-electron chi connectivity index (χ1n) is 3.90. The van der Waals surface area contributed by atoms with Gasteiger partial charge >= 0.3 is 0 Å². The molecule has 1 aromatic rings. The SMILES string of the molecule is CC(C)=Cc1ccc([SiH3])cc1. The van der Waals surface area contributed by atoms with Gasteiger partial charge < -0.3 is 0 Å². The van der Waals surface area contributed by atoms with E-state index in [-0.39, 0.29) is 0 Å². The van der Waals surface area contributed by atoms with E-state index in [0.29, 0.717) is 0 Å². The fourth-order valence-corrected chi connectivity index (χ4v) is 1.33. The summed E-state index contributed by atoms with van der Waals surface area (Å²) in [7, 11) is 1.15. The molecule has 0 atom stereocenters. The molecule has 11 heavy (non-hydrogen) atoms. The summed E-state index contributed by atoms with van der Waals surface area (Å²) in [6, 6.07) is 8.74. The lowest BCUT2D eigenvalue weighted by Crippen LogP contribution is -1.98. The molecular weight excluding hydrogens is 148 g/mol. The second-order valence-electron chi connectivity index (χ2n) is 3.13. The molecule has 0 radical (unpaired) electrons. The van der Waals surface area contributed by atoms with E-state index in [4.69, 9.17) is 0 Å². The third-order valence-electron chi connectivity index (χ3n) is 1.53. The van der Waals surface area contributed by atoms with Crippen LogP contribution >= 0.6 is 0 Å². The van der Waals surface area contributed by atoms with Crippen molar-refractivity contribution >= 4 is 21.5 Å². The Morgan fingerprint density at radius 2 is 1.73 bits per heavy atom. The molecule has 0 saturated carbocycles. The first kappa shape index (κ1) is 8.28. The molecule has 0 amide bonds. The van der Waals surface area contributed by atoms with Crippen LogP contribution in [0.1, 0.15) is 19.4 Å².